The highest BCUT2D eigenvalue weighted by Crippen LogP contribution is 2.27. The summed E-state index contributed by atoms with van der Waals surface area (Å²) < 4.78 is 79.9. The second kappa shape index (κ2) is 8.81. The SMILES string of the molecule is COc1ccc(N=C(Nc2ccc(OC)cc2)c2c(F)c(F)c(F)c(F)c2F)cc1. The first kappa shape index (κ1) is 21.1. The summed E-state index contributed by atoms with van der Waals surface area (Å²) in [5.74, 6) is -9.95. The van der Waals surface area contributed by atoms with Crippen LogP contribution >= 0.6 is 0 Å². The molecule has 0 atom stereocenters. The van der Waals surface area contributed by atoms with Crippen LogP contribution in [0.25, 0.3) is 0 Å². The molecule has 0 amide bonds. The predicted octanol–water partition coefficient (Wildman–Crippen LogP) is 5.59. The van der Waals surface area contributed by atoms with E-state index >= 15 is 0 Å². The van der Waals surface area contributed by atoms with E-state index in [-0.39, 0.29) is 11.4 Å². The van der Waals surface area contributed by atoms with Gasteiger partial charge in [-0.1, -0.05) is 0 Å². The minimum atomic E-state index is -2.25. The van der Waals surface area contributed by atoms with Crippen LogP contribution in [0.1, 0.15) is 5.56 Å². The Kier molecular flexibility index (Phi) is 6.20. The minimum Gasteiger partial charge on any atom is -0.497 e. The van der Waals surface area contributed by atoms with Crippen LogP contribution < -0.4 is 14.8 Å². The maximum Gasteiger partial charge on any atom is 0.200 e. The Bertz CT molecular complexity index is 1060. The van der Waals surface area contributed by atoms with E-state index in [1.807, 2.05) is 0 Å². The highest BCUT2D eigenvalue weighted by atomic mass is 19.2. The van der Waals surface area contributed by atoms with Gasteiger partial charge in [0.2, 0.25) is 5.82 Å². The van der Waals surface area contributed by atoms with Crippen LogP contribution in [0.2, 0.25) is 0 Å². The van der Waals surface area contributed by atoms with Crippen LogP contribution in [0.4, 0.5) is 33.3 Å². The lowest BCUT2D eigenvalue weighted by Crippen LogP contribution is -2.20. The van der Waals surface area contributed by atoms with Crippen molar-refractivity contribution in [1.82, 2.24) is 0 Å². The molecule has 30 heavy (non-hydrogen) atoms. The van der Waals surface area contributed by atoms with E-state index in [9.17, 15) is 22.0 Å². The third-order valence-electron chi connectivity index (χ3n) is 4.11. The summed E-state index contributed by atoms with van der Waals surface area (Å²) in [5, 5.41) is 2.61. The van der Waals surface area contributed by atoms with Gasteiger partial charge in [0.25, 0.3) is 0 Å². The smallest absolute Gasteiger partial charge is 0.200 e. The fraction of sp³-hybridized carbons (Fsp3) is 0.0952. The van der Waals surface area contributed by atoms with Crippen molar-refractivity contribution in [3.63, 3.8) is 0 Å². The molecule has 0 aliphatic heterocycles. The highest BCUT2D eigenvalue weighted by Gasteiger charge is 2.29. The zero-order chi connectivity index (χ0) is 21.8. The number of methoxy groups -OCH3 is 2. The van der Waals surface area contributed by atoms with Crippen molar-refractivity contribution in [2.24, 2.45) is 4.99 Å². The number of aliphatic imine (C=N–C) groups is 1. The number of rotatable bonds is 5. The number of hydrogen-bond donors (Lipinski definition) is 1. The lowest BCUT2D eigenvalue weighted by atomic mass is 10.1. The van der Waals surface area contributed by atoms with E-state index in [0.717, 1.165) is 0 Å². The molecular weight excluding hydrogens is 407 g/mol. The maximum atomic E-state index is 14.4. The predicted molar refractivity (Wildman–Crippen MR) is 102 cm³/mol. The minimum absolute atomic E-state index is 0.191. The zero-order valence-corrected chi connectivity index (χ0v) is 15.8. The van der Waals surface area contributed by atoms with Crippen molar-refractivity contribution in [3.05, 3.63) is 83.2 Å². The van der Waals surface area contributed by atoms with Crippen LogP contribution in [-0.4, -0.2) is 20.1 Å². The van der Waals surface area contributed by atoms with Crippen molar-refractivity contribution in [2.75, 3.05) is 19.5 Å². The molecule has 0 heterocycles. The first-order valence-corrected chi connectivity index (χ1v) is 8.51. The fourth-order valence-electron chi connectivity index (χ4n) is 2.56. The molecule has 0 radical (unpaired) electrons. The van der Waals surface area contributed by atoms with Crippen LogP contribution in [-0.2, 0) is 0 Å². The van der Waals surface area contributed by atoms with E-state index in [1.54, 1.807) is 12.1 Å². The molecule has 0 saturated carbocycles. The van der Waals surface area contributed by atoms with Gasteiger partial charge in [0, 0.05) is 5.69 Å². The van der Waals surface area contributed by atoms with Crippen molar-refractivity contribution in [3.8, 4) is 11.5 Å². The van der Waals surface area contributed by atoms with Crippen LogP contribution in [0.15, 0.2) is 53.5 Å². The Labute approximate surface area is 168 Å². The van der Waals surface area contributed by atoms with E-state index < -0.39 is 40.5 Å². The molecular formula is C21H15F5N2O2. The highest BCUT2D eigenvalue weighted by molar-refractivity contribution is 6.09. The molecule has 0 aromatic heterocycles. The molecule has 0 aliphatic carbocycles. The maximum absolute atomic E-state index is 14.4. The fourth-order valence-corrected chi connectivity index (χ4v) is 2.56. The molecule has 3 rings (SSSR count). The van der Waals surface area contributed by atoms with Gasteiger partial charge < -0.3 is 14.8 Å². The second-order valence-electron chi connectivity index (χ2n) is 5.96. The summed E-state index contributed by atoms with van der Waals surface area (Å²) >= 11 is 0. The molecule has 0 saturated heterocycles. The summed E-state index contributed by atoms with van der Waals surface area (Å²) in [4.78, 5) is 4.06. The molecule has 0 fully saturated rings. The van der Waals surface area contributed by atoms with Crippen LogP contribution in [0, 0.1) is 29.1 Å². The summed E-state index contributed by atoms with van der Waals surface area (Å²) in [6, 6.07) is 12.1. The van der Waals surface area contributed by atoms with Crippen molar-refractivity contribution >= 4 is 17.2 Å². The number of halogens is 5. The Hall–Kier alpha value is -3.62. The van der Waals surface area contributed by atoms with E-state index in [4.69, 9.17) is 9.47 Å². The Balaban J connectivity index is 2.15. The third kappa shape index (κ3) is 4.19. The average Bonchev–Trinajstić information content (AvgIpc) is 2.77. The number of benzene rings is 3. The van der Waals surface area contributed by atoms with E-state index in [1.165, 1.54) is 50.6 Å². The molecule has 4 nitrogen and oxygen atoms in total. The second-order valence-corrected chi connectivity index (χ2v) is 5.96. The lowest BCUT2D eigenvalue weighted by molar-refractivity contribution is 0.377. The molecule has 3 aromatic carbocycles. The van der Waals surface area contributed by atoms with Gasteiger partial charge in [-0.15, -0.1) is 0 Å². The molecule has 9 heteroatoms. The van der Waals surface area contributed by atoms with E-state index in [2.05, 4.69) is 10.3 Å². The molecule has 156 valence electrons. The van der Waals surface area contributed by atoms with Gasteiger partial charge in [0.1, 0.15) is 17.3 Å². The van der Waals surface area contributed by atoms with Gasteiger partial charge in [-0.2, -0.15) is 0 Å². The molecule has 0 spiro atoms. The Morgan fingerprint density at radius 1 is 0.667 bits per heavy atom. The number of nitrogens with zero attached hydrogens (tertiary/aromatic N) is 1. The van der Waals surface area contributed by atoms with Gasteiger partial charge in [-0.05, 0) is 48.5 Å². The standard InChI is InChI=1S/C21H15F5N2O2/c1-29-13-7-3-11(4-8-13)27-21(28-12-5-9-14(30-2)10-6-12)15-16(22)18(24)20(26)19(25)17(15)23/h3-10H,1-2H3,(H,27,28). The Morgan fingerprint density at radius 2 is 1.10 bits per heavy atom. The molecule has 3 aromatic rings. The third-order valence-corrected chi connectivity index (χ3v) is 4.11. The topological polar surface area (TPSA) is 42.8 Å². The summed E-state index contributed by atoms with van der Waals surface area (Å²) in [7, 11) is 2.90. The van der Waals surface area contributed by atoms with Crippen molar-refractivity contribution < 1.29 is 31.4 Å². The van der Waals surface area contributed by atoms with Crippen LogP contribution in [0.3, 0.4) is 0 Å². The van der Waals surface area contributed by atoms with Gasteiger partial charge in [-0.3, -0.25) is 0 Å². The van der Waals surface area contributed by atoms with E-state index in [0.29, 0.717) is 11.5 Å². The monoisotopic (exact) mass is 422 g/mol. The molecule has 0 bridgehead atoms. The first-order chi connectivity index (χ1) is 14.3. The van der Waals surface area contributed by atoms with Gasteiger partial charge in [0.05, 0.1) is 25.5 Å². The number of anilines is 1. The first-order valence-electron chi connectivity index (χ1n) is 8.51. The largest absolute Gasteiger partial charge is 0.497 e. The average molecular weight is 422 g/mol. The molecule has 0 unspecified atom stereocenters. The normalized spacial score (nSPS) is 11.4. The molecule has 1 N–H and O–H groups in total. The van der Waals surface area contributed by atoms with Crippen molar-refractivity contribution in [2.45, 2.75) is 0 Å². The van der Waals surface area contributed by atoms with Gasteiger partial charge >= 0.3 is 0 Å². The summed E-state index contributed by atoms with van der Waals surface area (Å²) in [6.07, 6.45) is 0. The van der Waals surface area contributed by atoms with Crippen LogP contribution in [0.5, 0.6) is 11.5 Å². The zero-order valence-electron chi connectivity index (χ0n) is 15.8. The summed E-state index contributed by atoms with van der Waals surface area (Å²) in [6.45, 7) is 0. The number of hydrogen-bond acceptors (Lipinski definition) is 3. The van der Waals surface area contributed by atoms with Crippen molar-refractivity contribution in [1.29, 1.82) is 0 Å². The van der Waals surface area contributed by atoms with Gasteiger partial charge in [0.15, 0.2) is 23.3 Å². The molecule has 0 aliphatic rings. The number of nitrogens with one attached hydrogen (secondary N) is 1. The van der Waals surface area contributed by atoms with Gasteiger partial charge in [-0.25, -0.2) is 26.9 Å². The quantitative estimate of drug-likeness (QED) is 0.192. The lowest BCUT2D eigenvalue weighted by Gasteiger charge is -2.14. The summed E-state index contributed by atoms with van der Waals surface area (Å²) in [5.41, 5.74) is -0.708. The number of ether oxygens (including phenoxy) is 2. The number of amidine groups is 1. The Morgan fingerprint density at radius 3 is 1.57 bits per heavy atom.